The molecule has 0 bridgehead atoms. The Morgan fingerprint density at radius 3 is 1.81 bits per heavy atom. The third kappa shape index (κ3) is 7.32. The predicted molar refractivity (Wildman–Crippen MR) is 201 cm³/mol. The number of carbonyl (C=O) groups excluding carboxylic acids is 4. The van der Waals surface area contributed by atoms with Gasteiger partial charge in [-0.15, -0.1) is 0 Å². The molecule has 0 aliphatic heterocycles. The van der Waals surface area contributed by atoms with E-state index in [1.54, 1.807) is 6.92 Å². The molecule has 52 heavy (non-hydrogen) atoms. The number of carbonyl (C=O) groups is 4. The Kier molecular flexibility index (Phi) is 12.0. The smallest absolute Gasteiger partial charge is 0.305 e. The van der Waals surface area contributed by atoms with Gasteiger partial charge in [0, 0.05) is 27.2 Å². The summed E-state index contributed by atoms with van der Waals surface area (Å²) < 4.78 is 22.4. The number of ether oxygens (including phenoxy) is 4. The fraction of sp³-hybridized carbons (Fsp3) is 0.909. The van der Waals surface area contributed by atoms with Gasteiger partial charge >= 0.3 is 23.9 Å². The highest BCUT2D eigenvalue weighted by Crippen LogP contribution is 2.78. The first-order chi connectivity index (χ1) is 24.2. The van der Waals surface area contributed by atoms with Crippen molar-refractivity contribution < 1.29 is 38.1 Å². The van der Waals surface area contributed by atoms with E-state index in [2.05, 4.69) is 48.5 Å². The molecule has 0 aromatic heterocycles. The lowest BCUT2D eigenvalue weighted by Crippen LogP contribution is -2.65. The van der Waals surface area contributed by atoms with Crippen LogP contribution in [-0.4, -0.2) is 48.8 Å². The van der Waals surface area contributed by atoms with Gasteiger partial charge in [-0.1, -0.05) is 61.8 Å². The summed E-state index contributed by atoms with van der Waals surface area (Å²) in [7, 11) is 0. The number of rotatable bonds is 12. The molecule has 0 aromatic carbocycles. The Labute approximate surface area is 315 Å². The first-order valence-electron chi connectivity index (χ1n) is 20.9. The average Bonchev–Trinajstić information content (AvgIpc) is 3.40. The summed E-state index contributed by atoms with van der Waals surface area (Å²) in [6.45, 7) is 23.5. The molecule has 5 aliphatic carbocycles. The Morgan fingerprint density at radius 1 is 0.635 bits per heavy atom. The lowest BCUT2D eigenvalue weighted by molar-refractivity contribution is -0.241. The van der Waals surface area contributed by atoms with Crippen LogP contribution in [0.25, 0.3) is 0 Å². The van der Waals surface area contributed by atoms with E-state index in [1.165, 1.54) is 91.4 Å². The minimum absolute atomic E-state index is 0.148. The van der Waals surface area contributed by atoms with Gasteiger partial charge in [0.1, 0.15) is 12.7 Å². The van der Waals surface area contributed by atoms with Crippen molar-refractivity contribution in [2.75, 3.05) is 6.61 Å². The quantitative estimate of drug-likeness (QED) is 0.145. The van der Waals surface area contributed by atoms with Crippen LogP contribution in [0, 0.1) is 62.6 Å². The molecule has 0 saturated heterocycles. The number of hydrogen-bond donors (Lipinski definition) is 0. The molecular weight excluding hydrogens is 656 g/mol. The van der Waals surface area contributed by atoms with Crippen LogP contribution in [0.4, 0.5) is 0 Å². The molecular formula is C44H72O8. The Balaban J connectivity index is 1.33. The minimum Gasteiger partial charge on any atom is -0.462 e. The zero-order valence-corrected chi connectivity index (χ0v) is 34.6. The van der Waals surface area contributed by atoms with E-state index >= 15 is 0 Å². The van der Waals surface area contributed by atoms with Gasteiger partial charge in [0.25, 0.3) is 0 Å². The Bertz CT molecular complexity index is 1340. The van der Waals surface area contributed by atoms with E-state index in [0.717, 1.165) is 24.2 Å². The second kappa shape index (κ2) is 15.2. The molecule has 0 amide bonds. The summed E-state index contributed by atoms with van der Waals surface area (Å²) in [6, 6.07) is 0. The fourth-order valence-corrected chi connectivity index (χ4v) is 14.4. The summed E-state index contributed by atoms with van der Waals surface area (Å²) in [5.41, 5.74) is 1.92. The van der Waals surface area contributed by atoms with Crippen molar-refractivity contribution in [1.29, 1.82) is 0 Å². The summed E-state index contributed by atoms with van der Waals surface area (Å²) >= 11 is 0. The predicted octanol–water partition coefficient (Wildman–Crippen LogP) is 9.64. The topological polar surface area (TPSA) is 105 Å². The van der Waals surface area contributed by atoms with Crippen LogP contribution in [0.5, 0.6) is 0 Å². The second-order valence-corrected chi connectivity index (χ2v) is 19.8. The SMILES string of the molecule is CCC(=O)OCC(OC(C)=O)C(OC(C)=O)C(CCC(C)C1CCC2(C)C1CCC1(C)C2CCC2C3(C)CCCC(C)(C)C3CCC21C)OC(C)=O. The average molecular weight is 729 g/mol. The molecule has 5 fully saturated rings. The molecule has 296 valence electrons. The van der Waals surface area contributed by atoms with Crippen molar-refractivity contribution in [1.82, 2.24) is 0 Å². The second-order valence-electron chi connectivity index (χ2n) is 19.8. The largest absolute Gasteiger partial charge is 0.462 e. The van der Waals surface area contributed by atoms with Gasteiger partial charge in [-0.3, -0.25) is 19.2 Å². The third-order valence-electron chi connectivity index (χ3n) is 16.8. The first-order valence-corrected chi connectivity index (χ1v) is 20.9. The van der Waals surface area contributed by atoms with E-state index in [9.17, 15) is 19.2 Å². The van der Waals surface area contributed by atoms with E-state index < -0.39 is 42.2 Å². The van der Waals surface area contributed by atoms with E-state index in [1.807, 2.05) is 0 Å². The number of esters is 4. The normalized spacial score (nSPS) is 39.9. The van der Waals surface area contributed by atoms with Gasteiger partial charge in [0.05, 0.1) is 0 Å². The van der Waals surface area contributed by atoms with Crippen LogP contribution in [0.3, 0.4) is 0 Å². The van der Waals surface area contributed by atoms with Crippen molar-refractivity contribution in [3.63, 3.8) is 0 Å². The molecule has 8 nitrogen and oxygen atoms in total. The van der Waals surface area contributed by atoms with Crippen molar-refractivity contribution in [3.05, 3.63) is 0 Å². The lowest BCUT2D eigenvalue weighted by atomic mass is 9.32. The van der Waals surface area contributed by atoms with Gasteiger partial charge in [-0.2, -0.15) is 0 Å². The van der Waals surface area contributed by atoms with E-state index in [0.29, 0.717) is 51.2 Å². The summed E-state index contributed by atoms with van der Waals surface area (Å²) in [6.07, 6.45) is 13.0. The summed E-state index contributed by atoms with van der Waals surface area (Å²) in [5.74, 6) is 1.78. The molecule has 0 aromatic rings. The van der Waals surface area contributed by atoms with Gasteiger partial charge in [0.2, 0.25) is 0 Å². The van der Waals surface area contributed by atoms with Crippen LogP contribution in [0.15, 0.2) is 0 Å². The highest BCUT2D eigenvalue weighted by atomic mass is 16.6. The van der Waals surface area contributed by atoms with Crippen LogP contribution < -0.4 is 0 Å². The van der Waals surface area contributed by atoms with Gasteiger partial charge < -0.3 is 18.9 Å². The Morgan fingerprint density at radius 2 is 1.21 bits per heavy atom. The lowest BCUT2D eigenvalue weighted by Gasteiger charge is -2.73. The molecule has 8 heteroatoms. The van der Waals surface area contributed by atoms with Gasteiger partial charge in [-0.25, -0.2) is 0 Å². The van der Waals surface area contributed by atoms with Crippen LogP contribution in [0.2, 0.25) is 0 Å². The van der Waals surface area contributed by atoms with Crippen molar-refractivity contribution in [3.8, 4) is 0 Å². The summed E-state index contributed by atoms with van der Waals surface area (Å²) in [5, 5.41) is 0. The zero-order chi connectivity index (χ0) is 38.4. The standard InChI is InChI=1S/C44H72O8/c1-12-38(48)49-26-34(51-29(4)46)39(52-30(5)47)33(50-28(3)45)15-14-27(2)31-18-23-41(8)32(31)19-24-43(10)36(41)16-17-37-42(9)22-13-21-40(6,7)35(42)20-25-44(37,43)11/h27,31-37,39H,12-26H2,1-11H3. The molecule has 0 heterocycles. The molecule has 0 spiro atoms. The fourth-order valence-electron chi connectivity index (χ4n) is 14.4. The van der Waals surface area contributed by atoms with Crippen LogP contribution in [0.1, 0.15) is 166 Å². The van der Waals surface area contributed by atoms with Crippen molar-refractivity contribution in [2.24, 2.45) is 62.6 Å². The van der Waals surface area contributed by atoms with Gasteiger partial charge in [-0.05, 0) is 140 Å². The van der Waals surface area contributed by atoms with Crippen LogP contribution >= 0.6 is 0 Å². The number of fused-ring (bicyclic) bond motifs is 7. The van der Waals surface area contributed by atoms with Gasteiger partial charge in [0.15, 0.2) is 12.2 Å². The van der Waals surface area contributed by atoms with E-state index in [4.69, 9.17) is 18.9 Å². The van der Waals surface area contributed by atoms with E-state index in [-0.39, 0.29) is 13.0 Å². The maximum absolute atomic E-state index is 12.4. The highest BCUT2D eigenvalue weighted by Gasteiger charge is 2.70. The maximum atomic E-state index is 12.4. The minimum atomic E-state index is -1.10. The molecule has 0 radical (unpaired) electrons. The Hall–Kier alpha value is -2.12. The molecule has 0 N–H and O–H groups in total. The highest BCUT2D eigenvalue weighted by molar-refractivity contribution is 5.69. The third-order valence-corrected chi connectivity index (χ3v) is 16.8. The van der Waals surface area contributed by atoms with Crippen molar-refractivity contribution >= 4 is 23.9 Å². The molecule has 5 saturated carbocycles. The molecule has 5 aliphatic rings. The first kappa shape index (κ1) is 41.1. The monoisotopic (exact) mass is 729 g/mol. The zero-order valence-electron chi connectivity index (χ0n) is 34.6. The molecule has 13 atom stereocenters. The number of hydrogen-bond acceptors (Lipinski definition) is 8. The summed E-state index contributed by atoms with van der Waals surface area (Å²) in [4.78, 5) is 48.9. The van der Waals surface area contributed by atoms with Crippen LogP contribution in [-0.2, 0) is 38.1 Å². The maximum Gasteiger partial charge on any atom is 0.305 e. The van der Waals surface area contributed by atoms with Crippen molar-refractivity contribution in [2.45, 2.75) is 184 Å². The molecule has 5 rings (SSSR count). The molecule has 13 unspecified atom stereocenters.